The number of benzene rings is 6. The Kier molecular flexibility index (Phi) is 7.47. The van der Waals surface area contributed by atoms with Gasteiger partial charge in [0.2, 0.25) is 0 Å². The third kappa shape index (κ3) is 5.27. The second-order valence-electron chi connectivity index (χ2n) is 11.2. The molecule has 0 aliphatic carbocycles. The minimum atomic E-state index is 0.777. The molecule has 0 aliphatic heterocycles. The quantitative estimate of drug-likeness (QED) is 0.206. The van der Waals surface area contributed by atoms with Crippen molar-refractivity contribution in [2.45, 2.75) is 20.8 Å². The van der Waals surface area contributed by atoms with Crippen molar-refractivity contribution >= 4 is 42.3 Å². The number of hydrogen-bond donors (Lipinski definition) is 0. The first kappa shape index (κ1) is 27.7. The topological polar surface area (TPSA) is 25.8 Å². The molecule has 0 fully saturated rings. The molecular formula is C41H32N2S. The van der Waals surface area contributed by atoms with E-state index in [1.165, 1.54) is 53.2 Å². The van der Waals surface area contributed by atoms with Crippen LogP contribution in [0.2, 0.25) is 0 Å². The van der Waals surface area contributed by atoms with Crippen molar-refractivity contribution in [3.8, 4) is 33.8 Å². The fraction of sp³-hybridized carbons (Fsp3) is 0.0732. The van der Waals surface area contributed by atoms with Crippen LogP contribution in [0.3, 0.4) is 0 Å². The molecule has 0 unspecified atom stereocenters. The Morgan fingerprint density at radius 3 is 1.91 bits per heavy atom. The van der Waals surface area contributed by atoms with Gasteiger partial charge in [-0.15, -0.1) is 11.3 Å². The van der Waals surface area contributed by atoms with Crippen LogP contribution in [0.4, 0.5) is 0 Å². The molecule has 0 spiro atoms. The maximum absolute atomic E-state index is 4.66. The molecule has 0 N–H and O–H groups in total. The van der Waals surface area contributed by atoms with E-state index in [4.69, 9.17) is 0 Å². The average molecular weight is 585 g/mol. The maximum Gasteiger partial charge on any atom is 0.160 e. The Balaban J connectivity index is 0.000000148. The molecular weight excluding hydrogens is 553 g/mol. The lowest BCUT2D eigenvalue weighted by molar-refractivity contribution is 1.11. The van der Waals surface area contributed by atoms with E-state index < -0.39 is 0 Å². The average Bonchev–Trinajstić information content (AvgIpc) is 3.45. The van der Waals surface area contributed by atoms with E-state index in [1.807, 2.05) is 72.9 Å². The van der Waals surface area contributed by atoms with Crippen molar-refractivity contribution in [1.82, 2.24) is 9.97 Å². The number of aryl methyl sites for hydroxylation is 3. The normalized spacial score (nSPS) is 11.1. The number of thiophene rings is 1. The highest BCUT2D eigenvalue weighted by molar-refractivity contribution is 7.26. The van der Waals surface area contributed by atoms with Gasteiger partial charge in [-0.1, -0.05) is 121 Å². The number of aromatic nitrogens is 2. The summed E-state index contributed by atoms with van der Waals surface area (Å²) in [6, 6.07) is 48.8. The second kappa shape index (κ2) is 11.9. The van der Waals surface area contributed by atoms with E-state index in [9.17, 15) is 0 Å². The zero-order valence-electron chi connectivity index (χ0n) is 25.1. The van der Waals surface area contributed by atoms with Crippen LogP contribution < -0.4 is 0 Å². The van der Waals surface area contributed by atoms with Crippen LogP contribution >= 0.6 is 11.3 Å². The molecule has 0 atom stereocenters. The van der Waals surface area contributed by atoms with Crippen LogP contribution in [0, 0.1) is 20.8 Å². The molecule has 0 radical (unpaired) electrons. The van der Waals surface area contributed by atoms with Gasteiger partial charge in [0, 0.05) is 37.0 Å². The fourth-order valence-electron chi connectivity index (χ4n) is 5.98. The van der Waals surface area contributed by atoms with Crippen molar-refractivity contribution in [1.29, 1.82) is 0 Å². The number of nitrogens with zero attached hydrogens (tertiary/aromatic N) is 2. The zero-order valence-corrected chi connectivity index (χ0v) is 25.9. The van der Waals surface area contributed by atoms with Crippen LogP contribution in [-0.4, -0.2) is 9.97 Å². The molecule has 0 saturated carbocycles. The largest absolute Gasteiger partial charge is 0.233 e. The minimum Gasteiger partial charge on any atom is -0.233 e. The second-order valence-corrected chi connectivity index (χ2v) is 12.2. The Labute approximate surface area is 262 Å². The van der Waals surface area contributed by atoms with E-state index in [0.717, 1.165) is 28.3 Å². The van der Waals surface area contributed by atoms with Crippen molar-refractivity contribution in [2.75, 3.05) is 0 Å². The molecule has 3 heteroatoms. The summed E-state index contributed by atoms with van der Waals surface area (Å²) < 4.78 is 2.74. The van der Waals surface area contributed by atoms with Crippen LogP contribution in [0.25, 0.3) is 64.7 Å². The van der Waals surface area contributed by atoms with Crippen LogP contribution in [0.1, 0.15) is 16.8 Å². The summed E-state index contributed by atoms with van der Waals surface area (Å²) in [6.45, 7) is 6.44. The van der Waals surface area contributed by atoms with Crippen LogP contribution in [0.5, 0.6) is 0 Å². The Hall–Kier alpha value is -5.12. The summed E-state index contributed by atoms with van der Waals surface area (Å²) in [5.41, 5.74) is 9.51. The predicted octanol–water partition coefficient (Wildman–Crippen LogP) is 11.6. The van der Waals surface area contributed by atoms with E-state index in [2.05, 4.69) is 109 Å². The van der Waals surface area contributed by atoms with Gasteiger partial charge in [-0.2, -0.15) is 0 Å². The molecule has 0 aliphatic rings. The molecule has 2 heterocycles. The maximum atomic E-state index is 4.66. The highest BCUT2D eigenvalue weighted by Crippen LogP contribution is 2.44. The van der Waals surface area contributed by atoms with Gasteiger partial charge < -0.3 is 0 Å². The Morgan fingerprint density at radius 1 is 0.500 bits per heavy atom. The molecule has 0 amide bonds. The third-order valence-electron chi connectivity index (χ3n) is 8.11. The van der Waals surface area contributed by atoms with Crippen molar-refractivity contribution in [3.05, 3.63) is 156 Å². The molecule has 0 saturated heterocycles. The summed E-state index contributed by atoms with van der Waals surface area (Å²) in [5.74, 6) is 0.777. The monoisotopic (exact) mass is 584 g/mol. The lowest BCUT2D eigenvalue weighted by Crippen LogP contribution is -1.94. The van der Waals surface area contributed by atoms with Gasteiger partial charge >= 0.3 is 0 Å². The highest BCUT2D eigenvalue weighted by Gasteiger charge is 2.16. The van der Waals surface area contributed by atoms with E-state index >= 15 is 0 Å². The lowest BCUT2D eigenvalue weighted by atomic mass is 9.91. The molecule has 0 bridgehead atoms. The van der Waals surface area contributed by atoms with Gasteiger partial charge in [-0.3, -0.25) is 0 Å². The first-order valence-corrected chi connectivity index (χ1v) is 15.7. The number of fused-ring (bicyclic) bond motifs is 5. The third-order valence-corrected chi connectivity index (χ3v) is 9.23. The van der Waals surface area contributed by atoms with E-state index in [0.29, 0.717) is 0 Å². The summed E-state index contributed by atoms with van der Waals surface area (Å²) in [7, 11) is 0. The molecule has 8 rings (SSSR count). The smallest absolute Gasteiger partial charge is 0.160 e. The van der Waals surface area contributed by atoms with Gasteiger partial charge in [0.05, 0.1) is 5.69 Å². The number of hydrogen-bond acceptors (Lipinski definition) is 3. The van der Waals surface area contributed by atoms with Crippen molar-refractivity contribution in [2.24, 2.45) is 0 Å². The van der Waals surface area contributed by atoms with Gasteiger partial charge in [0.1, 0.15) is 0 Å². The van der Waals surface area contributed by atoms with Gasteiger partial charge in [0.25, 0.3) is 0 Å². The van der Waals surface area contributed by atoms with Crippen LogP contribution in [-0.2, 0) is 0 Å². The molecule has 2 aromatic heterocycles. The number of rotatable bonds is 3. The minimum absolute atomic E-state index is 0.777. The van der Waals surface area contributed by atoms with E-state index in [-0.39, 0.29) is 0 Å². The van der Waals surface area contributed by atoms with E-state index in [1.54, 1.807) is 0 Å². The Morgan fingerprint density at radius 2 is 1.14 bits per heavy atom. The predicted molar refractivity (Wildman–Crippen MR) is 189 cm³/mol. The first-order valence-electron chi connectivity index (χ1n) is 14.9. The molecule has 2 nitrogen and oxygen atoms in total. The lowest BCUT2D eigenvalue weighted by Gasteiger charge is -2.12. The standard InChI is InChI=1S/C24H18S.C17H14N2/c1-15-7-3-5-9-18(15)22-16(2)11-13-21-24(22)23-19-10-6-4-8-17(19)12-14-20(23)25-21;1-13-12-16(14-8-4-2-5-9-14)19-17(18-13)15-10-6-3-7-11-15/h3-14H,1-2H3;2-12H,1H3. The molecule has 212 valence electrons. The Bertz CT molecular complexity index is 2190. The summed E-state index contributed by atoms with van der Waals surface area (Å²) >= 11 is 1.90. The van der Waals surface area contributed by atoms with Gasteiger partial charge in [0.15, 0.2) is 5.82 Å². The van der Waals surface area contributed by atoms with Crippen LogP contribution in [0.15, 0.2) is 140 Å². The van der Waals surface area contributed by atoms with Gasteiger partial charge in [-0.25, -0.2) is 9.97 Å². The van der Waals surface area contributed by atoms with Crippen molar-refractivity contribution in [3.63, 3.8) is 0 Å². The first-order chi connectivity index (χ1) is 21.6. The zero-order chi connectivity index (χ0) is 30.0. The van der Waals surface area contributed by atoms with Crippen molar-refractivity contribution < 1.29 is 0 Å². The summed E-state index contributed by atoms with van der Waals surface area (Å²) in [6.07, 6.45) is 0. The summed E-state index contributed by atoms with van der Waals surface area (Å²) in [5, 5.41) is 5.48. The molecule has 44 heavy (non-hydrogen) atoms. The molecule has 8 aromatic rings. The fourth-order valence-corrected chi connectivity index (χ4v) is 7.11. The van der Waals surface area contributed by atoms with Gasteiger partial charge in [-0.05, 0) is 72.0 Å². The summed E-state index contributed by atoms with van der Waals surface area (Å²) in [4.78, 5) is 9.18. The molecule has 6 aromatic carbocycles. The SMILES string of the molecule is Cc1cc(-c2ccccc2)nc(-c2ccccc2)n1.Cc1ccccc1-c1c(C)ccc2sc3ccc4ccccc4c3c12. The highest BCUT2D eigenvalue weighted by atomic mass is 32.1.